The third-order valence-electron chi connectivity index (χ3n) is 2.34. The summed E-state index contributed by atoms with van der Waals surface area (Å²) in [5, 5.41) is 17.5. The van der Waals surface area contributed by atoms with Crippen LogP contribution in [-0.2, 0) is 0 Å². The number of hydrogen-bond donors (Lipinski definition) is 1. The molecule has 0 bridgehead atoms. The molecule has 0 aromatic carbocycles. The first kappa shape index (κ1) is 11.6. The van der Waals surface area contributed by atoms with Crippen molar-refractivity contribution < 1.29 is 0 Å². The summed E-state index contributed by atoms with van der Waals surface area (Å²) in [6.45, 7) is 4.07. The third-order valence-corrected chi connectivity index (χ3v) is 4.36. The van der Waals surface area contributed by atoms with E-state index in [-0.39, 0.29) is 6.04 Å². The Labute approximate surface area is 102 Å². The zero-order valence-corrected chi connectivity index (χ0v) is 11.0. The lowest BCUT2D eigenvalue weighted by Crippen LogP contribution is -2.14. The van der Waals surface area contributed by atoms with E-state index in [4.69, 9.17) is 0 Å². The van der Waals surface area contributed by atoms with Crippen LogP contribution in [0.25, 0.3) is 9.88 Å². The average molecular weight is 255 g/mol. The number of rotatable bonds is 4. The maximum Gasteiger partial charge on any atom is 0.161 e. The highest BCUT2D eigenvalue weighted by Gasteiger charge is 2.16. The normalized spacial score (nSPS) is 12.9. The molecular weight excluding hydrogens is 242 g/mol. The zero-order valence-electron chi connectivity index (χ0n) is 9.39. The molecule has 5 nitrogen and oxygen atoms in total. The van der Waals surface area contributed by atoms with Gasteiger partial charge in [-0.15, -0.1) is 15.3 Å². The van der Waals surface area contributed by atoms with E-state index in [1.807, 2.05) is 14.0 Å². The molecule has 2 heterocycles. The fraction of sp³-hybridized carbons (Fsp3) is 0.556. The molecule has 1 atom stereocenters. The molecule has 16 heavy (non-hydrogen) atoms. The molecule has 0 saturated carbocycles. The summed E-state index contributed by atoms with van der Waals surface area (Å²) in [6.07, 6.45) is 1.01. The molecule has 0 radical (unpaired) electrons. The van der Waals surface area contributed by atoms with Crippen LogP contribution >= 0.6 is 22.9 Å². The summed E-state index contributed by atoms with van der Waals surface area (Å²) >= 11 is 2.98. The van der Waals surface area contributed by atoms with Crippen LogP contribution in [0.15, 0.2) is 0 Å². The van der Waals surface area contributed by atoms with Crippen molar-refractivity contribution in [3.05, 3.63) is 10.7 Å². The lowest BCUT2D eigenvalue weighted by atomic mass is 10.2. The Kier molecular flexibility index (Phi) is 3.57. The number of aryl methyl sites for hydroxylation is 1. The highest BCUT2D eigenvalue weighted by Crippen LogP contribution is 2.31. The van der Waals surface area contributed by atoms with Gasteiger partial charge in [0.05, 0.1) is 11.7 Å². The quantitative estimate of drug-likeness (QED) is 0.905. The highest BCUT2D eigenvalue weighted by atomic mass is 32.1. The molecule has 7 heteroatoms. The standard InChI is InChI=1S/C9H13N5S2/c1-4-6(10-3)8-12-13-9(15-8)7-5(2)11-14-16-7/h6,10H,4H2,1-3H3. The molecule has 2 aromatic rings. The minimum absolute atomic E-state index is 0.285. The Hall–Kier alpha value is -0.920. The fourth-order valence-electron chi connectivity index (χ4n) is 1.40. The van der Waals surface area contributed by atoms with Gasteiger partial charge in [-0.3, -0.25) is 0 Å². The summed E-state index contributed by atoms with van der Waals surface area (Å²) in [4.78, 5) is 1.02. The average Bonchev–Trinajstić information content (AvgIpc) is 2.89. The SMILES string of the molecule is CCC(NC)c1nnc(-c2snnc2C)s1. The molecule has 0 aliphatic carbocycles. The zero-order chi connectivity index (χ0) is 11.5. The van der Waals surface area contributed by atoms with E-state index < -0.39 is 0 Å². The maximum absolute atomic E-state index is 4.21. The molecule has 0 saturated heterocycles. The molecule has 0 aliphatic rings. The lowest BCUT2D eigenvalue weighted by molar-refractivity contribution is 0.568. The van der Waals surface area contributed by atoms with Gasteiger partial charge in [0, 0.05) is 0 Å². The second-order valence-electron chi connectivity index (χ2n) is 3.38. The van der Waals surface area contributed by atoms with Gasteiger partial charge >= 0.3 is 0 Å². The van der Waals surface area contributed by atoms with Crippen molar-refractivity contribution in [1.82, 2.24) is 25.1 Å². The number of aromatic nitrogens is 4. The van der Waals surface area contributed by atoms with Crippen molar-refractivity contribution >= 4 is 22.9 Å². The van der Waals surface area contributed by atoms with Gasteiger partial charge in [-0.25, -0.2) is 0 Å². The number of nitrogens with zero attached hydrogens (tertiary/aromatic N) is 4. The van der Waals surface area contributed by atoms with E-state index in [0.717, 1.165) is 27.0 Å². The minimum atomic E-state index is 0.285. The van der Waals surface area contributed by atoms with Crippen molar-refractivity contribution in [1.29, 1.82) is 0 Å². The van der Waals surface area contributed by atoms with Gasteiger partial charge in [0.15, 0.2) is 5.01 Å². The van der Waals surface area contributed by atoms with Crippen LogP contribution in [0, 0.1) is 6.92 Å². The van der Waals surface area contributed by atoms with Crippen LogP contribution in [0.3, 0.4) is 0 Å². The molecule has 2 aromatic heterocycles. The molecule has 0 aliphatic heterocycles. The van der Waals surface area contributed by atoms with Gasteiger partial charge in [0.2, 0.25) is 0 Å². The van der Waals surface area contributed by atoms with Crippen molar-refractivity contribution in [2.45, 2.75) is 26.3 Å². The Morgan fingerprint density at radius 1 is 1.31 bits per heavy atom. The first-order chi connectivity index (χ1) is 7.76. The molecule has 1 unspecified atom stereocenters. The van der Waals surface area contributed by atoms with Crippen molar-refractivity contribution in [2.24, 2.45) is 0 Å². The maximum atomic E-state index is 4.21. The van der Waals surface area contributed by atoms with Crippen LogP contribution in [0.1, 0.15) is 30.1 Å². The van der Waals surface area contributed by atoms with Crippen molar-refractivity contribution in [2.75, 3.05) is 7.05 Å². The van der Waals surface area contributed by atoms with Gasteiger partial charge in [0.25, 0.3) is 0 Å². The predicted octanol–water partition coefficient (Wildman–Crippen LogP) is 2.04. The topological polar surface area (TPSA) is 63.6 Å². The largest absolute Gasteiger partial charge is 0.311 e. The van der Waals surface area contributed by atoms with Crippen LogP contribution < -0.4 is 5.32 Å². The lowest BCUT2D eigenvalue weighted by Gasteiger charge is -2.07. The first-order valence-corrected chi connectivity index (χ1v) is 6.65. The fourth-order valence-corrected chi connectivity index (χ4v) is 3.20. The first-order valence-electron chi connectivity index (χ1n) is 5.06. The molecule has 0 spiro atoms. The van der Waals surface area contributed by atoms with Crippen LogP contribution in [0.4, 0.5) is 0 Å². The third kappa shape index (κ3) is 2.11. The molecule has 0 fully saturated rings. The van der Waals surface area contributed by atoms with E-state index in [2.05, 4.69) is 32.0 Å². The van der Waals surface area contributed by atoms with E-state index in [1.54, 1.807) is 11.3 Å². The molecule has 1 N–H and O–H groups in total. The molecule has 86 valence electrons. The number of nitrogens with one attached hydrogen (secondary N) is 1. The van der Waals surface area contributed by atoms with Crippen LogP contribution in [-0.4, -0.2) is 26.8 Å². The number of hydrogen-bond acceptors (Lipinski definition) is 7. The Morgan fingerprint density at radius 3 is 2.69 bits per heavy atom. The van der Waals surface area contributed by atoms with E-state index in [1.165, 1.54) is 11.5 Å². The Bertz CT molecular complexity index is 460. The second kappa shape index (κ2) is 4.94. The van der Waals surface area contributed by atoms with E-state index in [0.29, 0.717) is 0 Å². The highest BCUT2D eigenvalue weighted by molar-refractivity contribution is 7.19. The van der Waals surface area contributed by atoms with E-state index in [9.17, 15) is 0 Å². The van der Waals surface area contributed by atoms with Gasteiger partial charge in [-0.05, 0) is 31.9 Å². The Balaban J connectivity index is 2.29. The molecule has 0 amide bonds. The van der Waals surface area contributed by atoms with Gasteiger partial charge < -0.3 is 5.32 Å². The summed E-state index contributed by atoms with van der Waals surface area (Å²) in [5.74, 6) is 0. The predicted molar refractivity (Wildman–Crippen MR) is 65.6 cm³/mol. The van der Waals surface area contributed by atoms with Gasteiger partial charge in [-0.1, -0.05) is 22.7 Å². The monoisotopic (exact) mass is 255 g/mol. The summed E-state index contributed by atoms with van der Waals surface area (Å²) in [6, 6.07) is 0.285. The van der Waals surface area contributed by atoms with Crippen LogP contribution in [0.5, 0.6) is 0 Å². The molecular formula is C9H13N5S2. The van der Waals surface area contributed by atoms with Crippen LogP contribution in [0.2, 0.25) is 0 Å². The van der Waals surface area contributed by atoms with E-state index >= 15 is 0 Å². The summed E-state index contributed by atoms with van der Waals surface area (Å²) < 4.78 is 3.91. The van der Waals surface area contributed by atoms with Crippen molar-refractivity contribution in [3.63, 3.8) is 0 Å². The minimum Gasteiger partial charge on any atom is -0.311 e. The summed E-state index contributed by atoms with van der Waals surface area (Å²) in [7, 11) is 1.94. The van der Waals surface area contributed by atoms with Crippen molar-refractivity contribution in [3.8, 4) is 9.88 Å². The summed E-state index contributed by atoms with van der Waals surface area (Å²) in [5.41, 5.74) is 0.921. The smallest absolute Gasteiger partial charge is 0.161 e. The Morgan fingerprint density at radius 2 is 2.12 bits per heavy atom. The van der Waals surface area contributed by atoms with Gasteiger partial charge in [0.1, 0.15) is 9.88 Å². The molecule has 2 rings (SSSR count). The van der Waals surface area contributed by atoms with Gasteiger partial charge in [-0.2, -0.15) is 0 Å². The second-order valence-corrected chi connectivity index (χ2v) is 5.15.